The topological polar surface area (TPSA) is 44.1 Å². The minimum Gasteiger partial charge on any atom is -0.453 e. The first-order valence-corrected chi connectivity index (χ1v) is 10.00. The van der Waals surface area contributed by atoms with E-state index in [-0.39, 0.29) is 24.5 Å². The lowest BCUT2D eigenvalue weighted by atomic mass is 9.95. The van der Waals surface area contributed by atoms with Crippen LogP contribution in [0.1, 0.15) is 44.1 Å². The summed E-state index contributed by atoms with van der Waals surface area (Å²) in [6.07, 6.45) is -3.88. The van der Waals surface area contributed by atoms with E-state index < -0.39 is 22.4 Å². The molecule has 1 atom stereocenters. The number of aryl methyl sites for hydroxylation is 1. The quantitative estimate of drug-likeness (QED) is 0.434. The molecule has 0 saturated carbocycles. The number of ether oxygens (including phenoxy) is 1. The van der Waals surface area contributed by atoms with Gasteiger partial charge in [0.05, 0.1) is 28.2 Å². The van der Waals surface area contributed by atoms with Crippen molar-refractivity contribution in [3.63, 3.8) is 0 Å². The lowest BCUT2D eigenvalue weighted by Gasteiger charge is -2.31. The third-order valence-electron chi connectivity index (χ3n) is 5.01. The summed E-state index contributed by atoms with van der Waals surface area (Å²) in [6, 6.07) is 11.5. The highest BCUT2D eigenvalue weighted by atomic mass is 35.5. The molecule has 4 nitrogen and oxygen atoms in total. The Morgan fingerprint density at radius 2 is 1.83 bits per heavy atom. The van der Waals surface area contributed by atoms with E-state index in [0.717, 1.165) is 11.6 Å². The molecule has 0 saturated heterocycles. The maximum absolute atomic E-state index is 13.3. The molecular formula is C22H22ClF3N2O2. The highest BCUT2D eigenvalue weighted by molar-refractivity contribution is 6.32. The first-order valence-electron chi connectivity index (χ1n) is 9.62. The number of hydrogen-bond donors (Lipinski definition) is 0. The molecular weight excluding hydrogens is 417 g/mol. The van der Waals surface area contributed by atoms with Crippen molar-refractivity contribution in [3.8, 4) is 0 Å². The number of carbonyl (C=O) groups is 1. The Kier molecular flexibility index (Phi) is 6.13. The maximum atomic E-state index is 13.3. The maximum Gasteiger partial charge on any atom is 0.417 e. The molecule has 0 amide bonds. The molecule has 2 aromatic carbocycles. The van der Waals surface area contributed by atoms with Crippen molar-refractivity contribution in [1.29, 1.82) is 0 Å². The van der Waals surface area contributed by atoms with Crippen molar-refractivity contribution < 1.29 is 22.7 Å². The molecule has 160 valence electrons. The van der Waals surface area contributed by atoms with E-state index in [2.05, 4.69) is 4.98 Å². The lowest BCUT2D eigenvalue weighted by molar-refractivity contribution is -0.160. The molecule has 3 rings (SSSR count). The Morgan fingerprint density at radius 1 is 1.17 bits per heavy atom. The van der Waals surface area contributed by atoms with Gasteiger partial charge in [0.25, 0.3) is 0 Å². The third kappa shape index (κ3) is 4.31. The summed E-state index contributed by atoms with van der Waals surface area (Å²) < 4.78 is 47.4. The van der Waals surface area contributed by atoms with Crippen molar-refractivity contribution >= 4 is 28.6 Å². The first-order chi connectivity index (χ1) is 14.1. The van der Waals surface area contributed by atoms with Crippen molar-refractivity contribution in [2.75, 3.05) is 0 Å². The van der Waals surface area contributed by atoms with E-state index in [0.29, 0.717) is 17.8 Å². The number of fused-ring (bicyclic) bond motifs is 1. The number of halogens is 4. The molecule has 1 aromatic heterocycles. The van der Waals surface area contributed by atoms with E-state index in [9.17, 15) is 18.0 Å². The lowest BCUT2D eigenvalue weighted by Crippen LogP contribution is -2.34. The van der Waals surface area contributed by atoms with Gasteiger partial charge in [0.15, 0.2) is 5.60 Å². The Hall–Kier alpha value is -2.54. The third-order valence-corrected chi connectivity index (χ3v) is 5.32. The number of nitrogens with zero attached hydrogens (tertiary/aromatic N) is 2. The van der Waals surface area contributed by atoms with Crippen LogP contribution in [0, 0.1) is 0 Å². The average molecular weight is 439 g/mol. The molecule has 8 heteroatoms. The van der Waals surface area contributed by atoms with Crippen LogP contribution in [0.2, 0.25) is 5.02 Å². The number of alkyl halides is 3. The van der Waals surface area contributed by atoms with E-state index in [1.165, 1.54) is 6.07 Å². The van der Waals surface area contributed by atoms with Crippen LogP contribution in [0.15, 0.2) is 42.5 Å². The minimum atomic E-state index is -4.57. The molecule has 0 bridgehead atoms. The second kappa shape index (κ2) is 8.30. The van der Waals surface area contributed by atoms with Crippen LogP contribution in [0.3, 0.4) is 0 Å². The first kappa shape index (κ1) is 22.2. The normalized spacial score (nSPS) is 14.0. The summed E-state index contributed by atoms with van der Waals surface area (Å²) in [7, 11) is 0. The fourth-order valence-corrected chi connectivity index (χ4v) is 3.72. The Labute approximate surface area is 177 Å². The van der Waals surface area contributed by atoms with Gasteiger partial charge in [-0.1, -0.05) is 55.8 Å². The fraction of sp³-hybridized carbons (Fsp3) is 0.364. The highest BCUT2D eigenvalue weighted by Crippen LogP contribution is 2.38. The summed E-state index contributed by atoms with van der Waals surface area (Å²) >= 11 is 5.96. The number of aromatic nitrogens is 2. The molecule has 1 unspecified atom stereocenters. The molecule has 0 fully saturated rings. The van der Waals surface area contributed by atoms with Gasteiger partial charge in [-0.3, -0.25) is 4.79 Å². The number of rotatable bonds is 6. The summed E-state index contributed by atoms with van der Waals surface area (Å²) in [6.45, 7) is 5.54. The Morgan fingerprint density at radius 3 is 2.40 bits per heavy atom. The molecule has 0 spiro atoms. The highest BCUT2D eigenvalue weighted by Gasteiger charge is 2.36. The van der Waals surface area contributed by atoms with E-state index in [1.807, 2.05) is 37.3 Å². The van der Waals surface area contributed by atoms with Crippen LogP contribution >= 0.6 is 11.6 Å². The molecule has 1 heterocycles. The van der Waals surface area contributed by atoms with Crippen LogP contribution in [0.4, 0.5) is 13.2 Å². The fourth-order valence-electron chi connectivity index (χ4n) is 3.46. The van der Waals surface area contributed by atoms with Crippen LogP contribution in [-0.4, -0.2) is 15.5 Å². The van der Waals surface area contributed by atoms with Gasteiger partial charge in [-0.05, 0) is 24.6 Å². The molecule has 0 radical (unpaired) electrons. The van der Waals surface area contributed by atoms with Crippen LogP contribution in [0.25, 0.3) is 11.0 Å². The van der Waals surface area contributed by atoms with Gasteiger partial charge in [-0.2, -0.15) is 13.2 Å². The standard InChI is InChI=1S/C22H22ClF3N2O2/c1-4-19-27-17-11-15(22(24,25)26)16(23)12-18(17)28(19)13-21(3,30-20(29)5-2)14-9-7-6-8-10-14/h6-12H,4-5,13H2,1-3H3. The van der Waals surface area contributed by atoms with Gasteiger partial charge in [0.1, 0.15) is 5.82 Å². The SMILES string of the molecule is CCC(=O)OC(C)(Cn1c(CC)nc2cc(C(F)(F)F)c(Cl)cc21)c1ccccc1. The predicted octanol–water partition coefficient (Wildman–Crippen LogP) is 6.14. The Bertz CT molecular complexity index is 1060. The smallest absolute Gasteiger partial charge is 0.417 e. The number of esters is 1. The van der Waals surface area contributed by atoms with Gasteiger partial charge >= 0.3 is 12.1 Å². The zero-order valence-corrected chi connectivity index (χ0v) is 17.6. The van der Waals surface area contributed by atoms with Crippen LogP contribution in [-0.2, 0) is 34.3 Å². The predicted molar refractivity (Wildman–Crippen MR) is 109 cm³/mol. The van der Waals surface area contributed by atoms with Gasteiger partial charge < -0.3 is 9.30 Å². The largest absolute Gasteiger partial charge is 0.453 e. The van der Waals surface area contributed by atoms with Crippen molar-refractivity contribution in [3.05, 3.63) is 64.4 Å². The second-order valence-corrected chi connectivity index (χ2v) is 7.62. The van der Waals surface area contributed by atoms with Gasteiger partial charge in [-0.15, -0.1) is 0 Å². The number of imidazole rings is 1. The van der Waals surface area contributed by atoms with E-state index in [1.54, 1.807) is 18.4 Å². The summed E-state index contributed by atoms with van der Waals surface area (Å²) in [5.74, 6) is 0.205. The molecule has 0 aliphatic heterocycles. The van der Waals surface area contributed by atoms with Crippen molar-refractivity contribution in [2.45, 2.75) is 51.9 Å². The van der Waals surface area contributed by atoms with Gasteiger partial charge in [0, 0.05) is 12.8 Å². The van der Waals surface area contributed by atoms with Crippen molar-refractivity contribution in [2.24, 2.45) is 0 Å². The molecule has 0 aliphatic rings. The monoisotopic (exact) mass is 438 g/mol. The number of carbonyl (C=O) groups excluding carboxylic acids is 1. The summed E-state index contributed by atoms with van der Waals surface area (Å²) in [5.41, 5.74) is -0.539. The van der Waals surface area contributed by atoms with Gasteiger partial charge in [-0.25, -0.2) is 4.98 Å². The van der Waals surface area contributed by atoms with Crippen molar-refractivity contribution in [1.82, 2.24) is 9.55 Å². The Balaban J connectivity index is 2.16. The zero-order chi connectivity index (χ0) is 22.1. The van der Waals surface area contributed by atoms with Crippen LogP contribution < -0.4 is 0 Å². The summed E-state index contributed by atoms with van der Waals surface area (Å²) in [4.78, 5) is 16.6. The number of hydrogen-bond acceptors (Lipinski definition) is 3. The minimum absolute atomic E-state index is 0.185. The zero-order valence-electron chi connectivity index (χ0n) is 16.9. The molecule has 3 aromatic rings. The molecule has 30 heavy (non-hydrogen) atoms. The summed E-state index contributed by atoms with van der Waals surface area (Å²) in [5, 5.41) is -0.397. The second-order valence-electron chi connectivity index (χ2n) is 7.21. The van der Waals surface area contributed by atoms with E-state index >= 15 is 0 Å². The average Bonchev–Trinajstić information content (AvgIpc) is 3.03. The molecule has 0 aliphatic carbocycles. The molecule has 0 N–H and O–H groups in total. The van der Waals surface area contributed by atoms with Gasteiger partial charge in [0.2, 0.25) is 0 Å². The van der Waals surface area contributed by atoms with E-state index in [4.69, 9.17) is 16.3 Å². The number of benzene rings is 2. The van der Waals surface area contributed by atoms with Crippen LogP contribution in [0.5, 0.6) is 0 Å².